The molecular weight excluding hydrogens is 410 g/mol. The van der Waals surface area contributed by atoms with Gasteiger partial charge in [-0.1, -0.05) is 25.0 Å². The van der Waals surface area contributed by atoms with Gasteiger partial charge in [-0.05, 0) is 36.6 Å². The Morgan fingerprint density at radius 2 is 1.72 bits per heavy atom. The number of nitrogens with one attached hydrogen (secondary N) is 1. The van der Waals surface area contributed by atoms with Crippen LogP contribution in [-0.2, 0) is 4.74 Å². The van der Waals surface area contributed by atoms with Crippen molar-refractivity contribution >= 4 is 23.6 Å². The van der Waals surface area contributed by atoms with Gasteiger partial charge < -0.3 is 19.9 Å². The number of carbonyl (C=O) groups is 3. The number of benzene rings is 1. The van der Waals surface area contributed by atoms with Crippen LogP contribution >= 0.6 is 0 Å². The van der Waals surface area contributed by atoms with Crippen molar-refractivity contribution in [1.82, 2.24) is 20.4 Å². The van der Waals surface area contributed by atoms with Crippen molar-refractivity contribution in [3.8, 4) is 0 Å². The Kier molecular flexibility index (Phi) is 6.63. The molecule has 0 radical (unpaired) electrons. The van der Waals surface area contributed by atoms with Gasteiger partial charge in [0.2, 0.25) is 0 Å². The molecule has 2 aliphatic rings. The molecular formula is C23H27N5O4. The van der Waals surface area contributed by atoms with E-state index in [-0.39, 0.29) is 17.4 Å². The number of carbonyl (C=O) groups excluding carboxylic acids is 3. The summed E-state index contributed by atoms with van der Waals surface area (Å²) in [7, 11) is 1.30. The first-order chi connectivity index (χ1) is 15.6. The Labute approximate surface area is 186 Å². The van der Waals surface area contributed by atoms with Gasteiger partial charge in [0.15, 0.2) is 11.5 Å². The Morgan fingerprint density at radius 1 is 1.00 bits per heavy atom. The van der Waals surface area contributed by atoms with Gasteiger partial charge in [0.25, 0.3) is 11.8 Å². The van der Waals surface area contributed by atoms with Gasteiger partial charge in [0, 0.05) is 32.7 Å². The molecule has 168 valence electrons. The Bertz CT molecular complexity index is 982. The van der Waals surface area contributed by atoms with Crippen LogP contribution in [0.25, 0.3) is 0 Å². The first-order valence-corrected chi connectivity index (χ1v) is 10.9. The molecule has 1 aliphatic heterocycles. The summed E-state index contributed by atoms with van der Waals surface area (Å²) in [6.07, 6.45) is 3.55. The number of ether oxygens (including phenoxy) is 1. The number of hydrogen-bond donors (Lipinski definition) is 1. The lowest BCUT2D eigenvalue weighted by Gasteiger charge is -2.35. The molecule has 2 aromatic rings. The van der Waals surface area contributed by atoms with Gasteiger partial charge in [-0.2, -0.15) is 0 Å². The quantitative estimate of drug-likeness (QED) is 0.658. The molecule has 32 heavy (non-hydrogen) atoms. The zero-order valence-corrected chi connectivity index (χ0v) is 18.1. The summed E-state index contributed by atoms with van der Waals surface area (Å²) in [5.41, 5.74) is 0.904. The molecule has 4 rings (SSSR count). The number of anilines is 1. The number of amides is 2. The second kappa shape index (κ2) is 9.76. The van der Waals surface area contributed by atoms with E-state index in [0.29, 0.717) is 49.8 Å². The average Bonchev–Trinajstić information content (AvgIpc) is 3.67. The van der Waals surface area contributed by atoms with Crippen molar-refractivity contribution < 1.29 is 19.1 Å². The fourth-order valence-electron chi connectivity index (χ4n) is 3.77. The molecule has 2 amide bonds. The lowest BCUT2D eigenvalue weighted by molar-refractivity contribution is 0.0589. The predicted molar refractivity (Wildman–Crippen MR) is 118 cm³/mol. The molecule has 1 N–H and O–H groups in total. The van der Waals surface area contributed by atoms with Crippen LogP contribution in [0.2, 0.25) is 0 Å². The van der Waals surface area contributed by atoms with E-state index in [1.165, 1.54) is 20.0 Å². The number of esters is 1. The summed E-state index contributed by atoms with van der Waals surface area (Å²) in [4.78, 5) is 40.9. The zero-order chi connectivity index (χ0) is 22.5. The summed E-state index contributed by atoms with van der Waals surface area (Å²) in [5, 5.41) is 11.2. The van der Waals surface area contributed by atoms with Gasteiger partial charge in [-0.15, -0.1) is 10.2 Å². The first-order valence-electron chi connectivity index (χ1n) is 10.9. The minimum atomic E-state index is -0.528. The molecule has 2 heterocycles. The van der Waals surface area contributed by atoms with Crippen LogP contribution < -0.4 is 10.2 Å². The maximum absolute atomic E-state index is 13.0. The summed E-state index contributed by atoms with van der Waals surface area (Å²) >= 11 is 0. The van der Waals surface area contributed by atoms with Crippen molar-refractivity contribution in [2.24, 2.45) is 5.92 Å². The van der Waals surface area contributed by atoms with Crippen LogP contribution in [0.3, 0.4) is 0 Å². The monoisotopic (exact) mass is 437 g/mol. The smallest absolute Gasteiger partial charge is 0.338 e. The van der Waals surface area contributed by atoms with E-state index in [0.717, 1.165) is 12.3 Å². The largest absolute Gasteiger partial charge is 0.465 e. The summed E-state index contributed by atoms with van der Waals surface area (Å²) in [6.45, 7) is 2.79. The molecule has 9 nitrogen and oxygen atoms in total. The first kappa shape index (κ1) is 21.7. The van der Waals surface area contributed by atoms with Gasteiger partial charge in [-0.25, -0.2) is 4.79 Å². The zero-order valence-electron chi connectivity index (χ0n) is 18.1. The van der Waals surface area contributed by atoms with E-state index < -0.39 is 5.97 Å². The van der Waals surface area contributed by atoms with Crippen LogP contribution in [0.15, 0.2) is 36.4 Å². The second-order valence-electron chi connectivity index (χ2n) is 8.08. The predicted octanol–water partition coefficient (Wildman–Crippen LogP) is 1.76. The highest BCUT2D eigenvalue weighted by Gasteiger charge is 2.26. The van der Waals surface area contributed by atoms with Gasteiger partial charge in [0.1, 0.15) is 0 Å². The standard InChI is InChI=1S/C23H27N5O4/c1-32-23(31)18-5-3-2-4-17(18)22(30)28-14-12-27(13-15-28)20-9-8-19(25-26-20)21(29)24-11-10-16-6-7-16/h2-5,8-9,16H,6-7,10-15H2,1H3,(H,24,29). The topological polar surface area (TPSA) is 105 Å². The Morgan fingerprint density at radius 3 is 2.34 bits per heavy atom. The molecule has 0 spiro atoms. The van der Waals surface area contributed by atoms with Crippen molar-refractivity contribution in [2.75, 3.05) is 44.7 Å². The summed E-state index contributed by atoms with van der Waals surface area (Å²) in [5.74, 6) is 0.503. The fourth-order valence-corrected chi connectivity index (χ4v) is 3.77. The fraction of sp³-hybridized carbons (Fsp3) is 0.435. The normalized spacial score (nSPS) is 15.9. The van der Waals surface area contributed by atoms with E-state index in [1.807, 2.05) is 4.90 Å². The van der Waals surface area contributed by atoms with Crippen LogP contribution in [0, 0.1) is 5.92 Å². The molecule has 1 saturated heterocycles. The highest BCUT2D eigenvalue weighted by molar-refractivity contribution is 6.05. The van der Waals surface area contributed by atoms with Gasteiger partial charge in [0.05, 0.1) is 18.2 Å². The second-order valence-corrected chi connectivity index (χ2v) is 8.08. The Hall–Kier alpha value is -3.49. The number of aromatic nitrogens is 2. The summed E-state index contributed by atoms with van der Waals surface area (Å²) in [6, 6.07) is 10.1. The third kappa shape index (κ3) is 5.04. The minimum Gasteiger partial charge on any atom is -0.465 e. The number of rotatable bonds is 7. The van der Waals surface area contributed by atoms with Gasteiger partial charge >= 0.3 is 5.97 Å². The minimum absolute atomic E-state index is 0.199. The van der Waals surface area contributed by atoms with Gasteiger partial charge in [-0.3, -0.25) is 9.59 Å². The van der Waals surface area contributed by atoms with Crippen molar-refractivity contribution in [2.45, 2.75) is 19.3 Å². The SMILES string of the molecule is COC(=O)c1ccccc1C(=O)N1CCN(c2ccc(C(=O)NCCC3CC3)nn2)CC1. The molecule has 1 aromatic heterocycles. The number of hydrogen-bond acceptors (Lipinski definition) is 7. The maximum atomic E-state index is 13.0. The number of methoxy groups -OCH3 is 1. The van der Waals surface area contributed by atoms with E-state index in [9.17, 15) is 14.4 Å². The van der Waals surface area contributed by atoms with Crippen LogP contribution in [0.5, 0.6) is 0 Å². The average molecular weight is 438 g/mol. The molecule has 0 unspecified atom stereocenters. The molecule has 0 bridgehead atoms. The Balaban J connectivity index is 1.32. The van der Waals surface area contributed by atoms with Crippen molar-refractivity contribution in [3.63, 3.8) is 0 Å². The molecule has 0 atom stereocenters. The maximum Gasteiger partial charge on any atom is 0.338 e. The molecule has 1 aliphatic carbocycles. The number of nitrogens with zero attached hydrogens (tertiary/aromatic N) is 4. The molecule has 9 heteroatoms. The third-order valence-electron chi connectivity index (χ3n) is 5.87. The highest BCUT2D eigenvalue weighted by atomic mass is 16.5. The van der Waals surface area contributed by atoms with E-state index in [2.05, 4.69) is 15.5 Å². The van der Waals surface area contributed by atoms with Crippen LogP contribution in [-0.4, -0.2) is 72.7 Å². The summed E-state index contributed by atoms with van der Waals surface area (Å²) < 4.78 is 4.79. The molecule has 1 aromatic carbocycles. The lowest BCUT2D eigenvalue weighted by Crippen LogP contribution is -2.49. The van der Waals surface area contributed by atoms with E-state index in [4.69, 9.17) is 4.74 Å². The highest BCUT2D eigenvalue weighted by Crippen LogP contribution is 2.31. The van der Waals surface area contributed by atoms with Crippen molar-refractivity contribution in [1.29, 1.82) is 0 Å². The van der Waals surface area contributed by atoms with Crippen molar-refractivity contribution in [3.05, 3.63) is 53.2 Å². The number of piperazine rings is 1. The lowest BCUT2D eigenvalue weighted by atomic mass is 10.1. The van der Waals surface area contributed by atoms with Crippen LogP contribution in [0.4, 0.5) is 5.82 Å². The van der Waals surface area contributed by atoms with E-state index in [1.54, 1.807) is 41.3 Å². The molecule has 1 saturated carbocycles. The third-order valence-corrected chi connectivity index (χ3v) is 5.87. The van der Waals surface area contributed by atoms with E-state index >= 15 is 0 Å². The molecule has 2 fully saturated rings. The van der Waals surface area contributed by atoms with Crippen LogP contribution in [0.1, 0.15) is 50.5 Å².